The van der Waals surface area contributed by atoms with E-state index in [9.17, 15) is 14.3 Å². The SMILES string of the molecule is CC(=O)N[C@@H]1C[C@@H]2CN(Cc3c(F)cccc3Cl)C[C@@H]2C[C@H]1O.O=CO. The Morgan fingerprint density at radius 3 is 2.58 bits per heavy atom. The van der Waals surface area contributed by atoms with Gasteiger partial charge in [0, 0.05) is 37.1 Å². The quantitative estimate of drug-likeness (QED) is 0.690. The molecular formula is C18H24ClFN2O4. The summed E-state index contributed by atoms with van der Waals surface area (Å²) >= 11 is 6.11. The van der Waals surface area contributed by atoms with Gasteiger partial charge in [0.05, 0.1) is 12.1 Å². The molecule has 0 unspecified atom stereocenters. The fourth-order valence-corrected chi connectivity index (χ4v) is 4.20. The lowest BCUT2D eigenvalue weighted by Crippen LogP contribution is -2.48. The molecule has 1 heterocycles. The Morgan fingerprint density at radius 2 is 2.00 bits per heavy atom. The van der Waals surface area contributed by atoms with E-state index in [1.165, 1.54) is 13.0 Å². The largest absolute Gasteiger partial charge is 0.483 e. The van der Waals surface area contributed by atoms with Crippen molar-refractivity contribution in [2.75, 3.05) is 13.1 Å². The molecule has 2 aliphatic rings. The van der Waals surface area contributed by atoms with Crippen LogP contribution in [-0.4, -0.2) is 52.7 Å². The van der Waals surface area contributed by atoms with Gasteiger partial charge in [0.25, 0.3) is 6.47 Å². The molecule has 26 heavy (non-hydrogen) atoms. The van der Waals surface area contributed by atoms with E-state index in [2.05, 4.69) is 10.2 Å². The van der Waals surface area contributed by atoms with E-state index in [4.69, 9.17) is 21.5 Å². The minimum Gasteiger partial charge on any atom is -0.483 e. The van der Waals surface area contributed by atoms with Gasteiger partial charge in [0.1, 0.15) is 5.82 Å². The number of aliphatic hydroxyl groups is 1. The number of nitrogens with zero attached hydrogens (tertiary/aromatic N) is 1. The zero-order valence-corrected chi connectivity index (χ0v) is 15.3. The van der Waals surface area contributed by atoms with Gasteiger partial charge in [-0.3, -0.25) is 14.5 Å². The maximum Gasteiger partial charge on any atom is 0.290 e. The molecule has 1 aromatic rings. The summed E-state index contributed by atoms with van der Waals surface area (Å²) in [7, 11) is 0. The summed E-state index contributed by atoms with van der Waals surface area (Å²) in [6.07, 6.45) is 0.946. The number of nitrogens with one attached hydrogen (secondary N) is 1. The van der Waals surface area contributed by atoms with Crippen LogP contribution in [0.5, 0.6) is 0 Å². The van der Waals surface area contributed by atoms with Gasteiger partial charge in [-0.1, -0.05) is 17.7 Å². The van der Waals surface area contributed by atoms with Gasteiger partial charge in [-0.05, 0) is 36.8 Å². The first-order valence-electron chi connectivity index (χ1n) is 8.54. The maximum absolute atomic E-state index is 13.9. The van der Waals surface area contributed by atoms with Crippen LogP contribution in [0, 0.1) is 17.7 Å². The Kier molecular flexibility index (Phi) is 7.37. The van der Waals surface area contributed by atoms with Crippen LogP contribution >= 0.6 is 11.6 Å². The molecule has 0 aromatic heterocycles. The van der Waals surface area contributed by atoms with E-state index >= 15 is 0 Å². The highest BCUT2D eigenvalue weighted by atomic mass is 35.5. The summed E-state index contributed by atoms with van der Waals surface area (Å²) in [5, 5.41) is 20.4. The molecule has 1 aliphatic carbocycles. The van der Waals surface area contributed by atoms with E-state index in [0.29, 0.717) is 35.4 Å². The Bertz CT molecular complexity index is 625. The van der Waals surface area contributed by atoms with Crippen molar-refractivity contribution in [2.24, 2.45) is 11.8 Å². The average molecular weight is 387 g/mol. The topological polar surface area (TPSA) is 89.9 Å². The van der Waals surface area contributed by atoms with E-state index in [0.717, 1.165) is 19.5 Å². The van der Waals surface area contributed by atoms with Crippen LogP contribution < -0.4 is 5.32 Å². The fraction of sp³-hybridized carbons (Fsp3) is 0.556. The highest BCUT2D eigenvalue weighted by Gasteiger charge is 2.42. The molecule has 3 N–H and O–H groups in total. The molecule has 0 spiro atoms. The number of carbonyl (C=O) groups excluding carboxylic acids is 1. The number of carboxylic acid groups (broad SMARTS) is 1. The third-order valence-corrected chi connectivity index (χ3v) is 5.40. The van der Waals surface area contributed by atoms with E-state index in [1.54, 1.807) is 12.1 Å². The first kappa shape index (κ1) is 20.6. The van der Waals surface area contributed by atoms with Crippen LogP contribution in [0.4, 0.5) is 4.39 Å². The number of aliphatic hydroxyl groups excluding tert-OH is 1. The summed E-state index contributed by atoms with van der Waals surface area (Å²) in [5.41, 5.74) is 0.534. The molecule has 1 saturated heterocycles. The summed E-state index contributed by atoms with van der Waals surface area (Å²) in [6.45, 7) is 3.39. The molecule has 144 valence electrons. The van der Waals surface area contributed by atoms with Crippen LogP contribution in [-0.2, 0) is 16.1 Å². The standard InChI is InChI=1S/C17H22ClFN2O2.CH2O2/c1-10(22)20-16-5-11-7-21(8-12(11)6-17(16)23)9-13-14(18)3-2-4-15(13)19;2-1-3/h2-4,11-12,16-17,23H,5-9H2,1H3,(H,20,22);1H,(H,2,3)/t11-,12+,16-,17-;/m1./s1. The summed E-state index contributed by atoms with van der Waals surface area (Å²) < 4.78 is 13.9. The fourth-order valence-electron chi connectivity index (χ4n) is 3.98. The maximum atomic E-state index is 13.9. The number of hydrogen-bond donors (Lipinski definition) is 3. The second-order valence-electron chi connectivity index (χ2n) is 6.87. The molecule has 1 saturated carbocycles. The van der Waals surface area contributed by atoms with Crippen molar-refractivity contribution in [2.45, 2.75) is 38.5 Å². The number of halogens is 2. The summed E-state index contributed by atoms with van der Waals surface area (Å²) in [6, 6.07) is 4.57. The van der Waals surface area contributed by atoms with Gasteiger partial charge in [-0.25, -0.2) is 4.39 Å². The van der Waals surface area contributed by atoms with Crippen molar-refractivity contribution in [1.29, 1.82) is 0 Å². The monoisotopic (exact) mass is 386 g/mol. The normalized spacial score (nSPS) is 27.8. The van der Waals surface area contributed by atoms with Crippen LogP contribution in [0.2, 0.25) is 5.02 Å². The number of carbonyl (C=O) groups is 2. The predicted molar refractivity (Wildman–Crippen MR) is 95.2 cm³/mol. The van der Waals surface area contributed by atoms with Crippen LogP contribution in [0.15, 0.2) is 18.2 Å². The molecule has 8 heteroatoms. The molecule has 0 radical (unpaired) electrons. The van der Waals surface area contributed by atoms with Gasteiger partial charge >= 0.3 is 0 Å². The molecule has 2 fully saturated rings. The third-order valence-electron chi connectivity index (χ3n) is 5.05. The van der Waals surface area contributed by atoms with Crippen molar-refractivity contribution < 1.29 is 24.2 Å². The van der Waals surface area contributed by atoms with Crippen LogP contribution in [0.1, 0.15) is 25.3 Å². The molecule has 3 rings (SSSR count). The van der Waals surface area contributed by atoms with Crippen molar-refractivity contribution >= 4 is 24.0 Å². The molecule has 1 aromatic carbocycles. The second kappa shape index (κ2) is 9.30. The lowest BCUT2D eigenvalue weighted by molar-refractivity contribution is -0.123. The number of fused-ring (bicyclic) bond motifs is 1. The lowest BCUT2D eigenvalue weighted by Gasteiger charge is -2.35. The number of benzene rings is 1. The Morgan fingerprint density at radius 1 is 1.38 bits per heavy atom. The van der Waals surface area contributed by atoms with Crippen molar-refractivity contribution in [3.05, 3.63) is 34.6 Å². The Hall–Kier alpha value is -1.70. The Labute approximate surface area is 156 Å². The molecule has 1 aliphatic heterocycles. The minimum absolute atomic E-state index is 0.111. The second-order valence-corrected chi connectivity index (χ2v) is 7.27. The number of likely N-dealkylation sites (tertiary alicyclic amines) is 1. The highest BCUT2D eigenvalue weighted by Crippen LogP contribution is 2.37. The van der Waals surface area contributed by atoms with E-state index in [1.807, 2.05) is 0 Å². The summed E-state index contributed by atoms with van der Waals surface area (Å²) in [5.74, 6) is 0.422. The van der Waals surface area contributed by atoms with Crippen molar-refractivity contribution in [3.63, 3.8) is 0 Å². The predicted octanol–water partition coefficient (Wildman–Crippen LogP) is 1.89. The molecule has 1 amide bonds. The van der Waals surface area contributed by atoms with Gasteiger partial charge in [-0.15, -0.1) is 0 Å². The van der Waals surface area contributed by atoms with E-state index in [-0.39, 0.29) is 24.2 Å². The Balaban J connectivity index is 0.000000758. The van der Waals surface area contributed by atoms with Crippen molar-refractivity contribution in [3.8, 4) is 0 Å². The molecule has 4 atom stereocenters. The van der Waals surface area contributed by atoms with Gasteiger partial charge < -0.3 is 15.5 Å². The van der Waals surface area contributed by atoms with Crippen LogP contribution in [0.3, 0.4) is 0 Å². The zero-order chi connectivity index (χ0) is 19.3. The molecule has 6 nitrogen and oxygen atoms in total. The first-order chi connectivity index (χ1) is 12.3. The first-order valence-corrected chi connectivity index (χ1v) is 8.91. The van der Waals surface area contributed by atoms with E-state index < -0.39 is 6.10 Å². The molecular weight excluding hydrogens is 363 g/mol. The van der Waals surface area contributed by atoms with Gasteiger partial charge in [-0.2, -0.15) is 0 Å². The lowest BCUT2D eigenvalue weighted by atomic mass is 9.77. The van der Waals surface area contributed by atoms with Crippen molar-refractivity contribution in [1.82, 2.24) is 10.2 Å². The summed E-state index contributed by atoms with van der Waals surface area (Å²) in [4.78, 5) is 21.8. The smallest absolute Gasteiger partial charge is 0.290 e. The highest BCUT2D eigenvalue weighted by molar-refractivity contribution is 6.31. The zero-order valence-electron chi connectivity index (χ0n) is 14.6. The van der Waals surface area contributed by atoms with Gasteiger partial charge in [0.2, 0.25) is 5.91 Å². The number of amides is 1. The number of rotatable bonds is 3. The average Bonchev–Trinajstić information content (AvgIpc) is 2.93. The molecule has 0 bridgehead atoms. The van der Waals surface area contributed by atoms with Gasteiger partial charge in [0.15, 0.2) is 0 Å². The number of hydrogen-bond acceptors (Lipinski definition) is 4. The van der Waals surface area contributed by atoms with Crippen LogP contribution in [0.25, 0.3) is 0 Å². The third kappa shape index (κ3) is 5.16. The minimum atomic E-state index is -0.503.